The van der Waals surface area contributed by atoms with Crippen molar-refractivity contribution in [1.82, 2.24) is 20.4 Å². The quantitative estimate of drug-likeness (QED) is 0.474. The summed E-state index contributed by atoms with van der Waals surface area (Å²) in [6.45, 7) is 10.3. The molecule has 3 saturated heterocycles. The van der Waals surface area contributed by atoms with E-state index in [9.17, 15) is 23.2 Å². The van der Waals surface area contributed by atoms with Crippen molar-refractivity contribution in [1.29, 1.82) is 0 Å². The smallest absolute Gasteiger partial charge is 0.248 e. The van der Waals surface area contributed by atoms with Crippen LogP contribution in [0.3, 0.4) is 0 Å². The number of nitrogens with zero attached hydrogens (tertiary/aromatic N) is 2. The van der Waals surface area contributed by atoms with Gasteiger partial charge in [-0.2, -0.15) is 0 Å². The Morgan fingerprint density at radius 1 is 1.08 bits per heavy atom. The summed E-state index contributed by atoms with van der Waals surface area (Å²) in [5, 5.41) is 6.35. The van der Waals surface area contributed by atoms with Gasteiger partial charge in [-0.3, -0.25) is 14.4 Å². The summed E-state index contributed by atoms with van der Waals surface area (Å²) >= 11 is 0. The van der Waals surface area contributed by atoms with E-state index in [0.717, 1.165) is 6.42 Å². The zero-order valence-electron chi connectivity index (χ0n) is 23.5. The highest BCUT2D eigenvalue weighted by molar-refractivity contribution is 5.90. The van der Waals surface area contributed by atoms with Gasteiger partial charge in [-0.05, 0) is 37.5 Å². The van der Waals surface area contributed by atoms with E-state index in [4.69, 9.17) is 9.47 Å². The van der Waals surface area contributed by atoms with Gasteiger partial charge in [0.15, 0.2) is 0 Å². The van der Waals surface area contributed by atoms with Crippen LogP contribution in [0.15, 0.2) is 0 Å². The van der Waals surface area contributed by atoms with Crippen LogP contribution in [-0.4, -0.2) is 105 Å². The average Bonchev–Trinajstić information content (AvgIpc) is 3.30. The molecule has 3 aliphatic heterocycles. The zero-order valence-corrected chi connectivity index (χ0v) is 23.5. The monoisotopic (exact) mass is 554 g/mol. The number of likely N-dealkylation sites (tertiary alicyclic amines) is 1. The molecule has 0 radical (unpaired) electrons. The van der Waals surface area contributed by atoms with Crippen molar-refractivity contribution in [2.24, 2.45) is 28.6 Å². The zero-order chi connectivity index (χ0) is 28.0. The summed E-state index contributed by atoms with van der Waals surface area (Å²) in [5.74, 6) is -3.12. The molecule has 0 aromatic rings. The fourth-order valence-electron chi connectivity index (χ4n) is 6.75. The Hall–Kier alpha value is -1.85. The van der Waals surface area contributed by atoms with Crippen molar-refractivity contribution in [2.75, 3.05) is 59.1 Å². The first kappa shape index (κ1) is 28.7. The third-order valence-corrected chi connectivity index (χ3v) is 9.80. The lowest BCUT2D eigenvalue weighted by molar-refractivity contribution is -0.153. The van der Waals surface area contributed by atoms with Gasteiger partial charge in [0.05, 0.1) is 25.2 Å². The second kappa shape index (κ2) is 10.9. The van der Waals surface area contributed by atoms with Crippen LogP contribution in [0.1, 0.15) is 52.9 Å². The number of ether oxygens (including phenoxy) is 2. The third kappa shape index (κ3) is 6.10. The molecule has 11 heteroatoms. The molecule has 220 valence electrons. The van der Waals surface area contributed by atoms with Gasteiger partial charge in [0.25, 0.3) is 0 Å². The largest absolute Gasteiger partial charge is 0.378 e. The standard InChI is InChI=1S/C28H44F2N4O5/c1-18(39-14-19-4-6-28(29,30)7-5-19)22(25(37)33-8-10-38-11-9-33)32-23(35)21-13-31-15-27(21)16-34(17-27)24(36)20-12-26(20,2)3/h18-22,31H,4-17H2,1-3H3,(H,32,35)/t18-,20-,21+,22+/m1/s1. The first-order chi connectivity index (χ1) is 18.4. The third-order valence-electron chi connectivity index (χ3n) is 9.80. The Morgan fingerprint density at radius 2 is 1.72 bits per heavy atom. The summed E-state index contributed by atoms with van der Waals surface area (Å²) < 4.78 is 38.6. The van der Waals surface area contributed by atoms with E-state index in [1.807, 2.05) is 4.90 Å². The lowest BCUT2D eigenvalue weighted by Crippen LogP contribution is -2.65. The fraction of sp³-hybridized carbons (Fsp3) is 0.893. The highest BCUT2D eigenvalue weighted by Crippen LogP contribution is 2.54. The summed E-state index contributed by atoms with van der Waals surface area (Å²) in [6.07, 6.45) is 0.779. The van der Waals surface area contributed by atoms with Crippen molar-refractivity contribution in [3.05, 3.63) is 0 Å². The van der Waals surface area contributed by atoms with Crippen LogP contribution in [0, 0.1) is 28.6 Å². The number of carbonyl (C=O) groups is 3. The van der Waals surface area contributed by atoms with Gasteiger partial charge >= 0.3 is 0 Å². The van der Waals surface area contributed by atoms with E-state index in [2.05, 4.69) is 24.5 Å². The molecule has 2 N–H and O–H groups in total. The van der Waals surface area contributed by atoms with Crippen molar-refractivity contribution < 1.29 is 32.6 Å². The van der Waals surface area contributed by atoms with Crippen LogP contribution in [0.2, 0.25) is 0 Å². The number of morpholine rings is 1. The maximum Gasteiger partial charge on any atom is 0.248 e. The second-order valence-corrected chi connectivity index (χ2v) is 13.2. The minimum absolute atomic E-state index is 0.0131. The molecule has 0 unspecified atom stereocenters. The molecule has 3 amide bonds. The number of alkyl halides is 2. The van der Waals surface area contributed by atoms with Gasteiger partial charge in [0, 0.05) is 70.0 Å². The first-order valence-electron chi connectivity index (χ1n) is 14.6. The van der Waals surface area contributed by atoms with E-state index >= 15 is 0 Å². The predicted octanol–water partition coefficient (Wildman–Crippen LogP) is 1.65. The molecule has 5 rings (SSSR count). The molecule has 0 bridgehead atoms. The van der Waals surface area contributed by atoms with Crippen LogP contribution in [-0.2, 0) is 23.9 Å². The van der Waals surface area contributed by atoms with Gasteiger partial charge in [-0.25, -0.2) is 8.78 Å². The second-order valence-electron chi connectivity index (χ2n) is 13.2. The number of hydrogen-bond acceptors (Lipinski definition) is 6. The molecule has 0 aromatic carbocycles. The summed E-state index contributed by atoms with van der Waals surface area (Å²) in [4.78, 5) is 43.7. The lowest BCUT2D eigenvalue weighted by atomic mass is 9.70. The molecule has 2 aliphatic carbocycles. The highest BCUT2D eigenvalue weighted by Gasteiger charge is 2.60. The Morgan fingerprint density at radius 3 is 2.33 bits per heavy atom. The van der Waals surface area contributed by atoms with E-state index in [0.29, 0.717) is 65.3 Å². The van der Waals surface area contributed by atoms with Crippen molar-refractivity contribution >= 4 is 17.7 Å². The van der Waals surface area contributed by atoms with E-state index in [1.165, 1.54) is 0 Å². The summed E-state index contributed by atoms with van der Waals surface area (Å²) in [5.41, 5.74) is -0.269. The van der Waals surface area contributed by atoms with Gasteiger partial charge in [0.2, 0.25) is 23.6 Å². The summed E-state index contributed by atoms with van der Waals surface area (Å²) in [6, 6.07) is -0.886. The van der Waals surface area contributed by atoms with Crippen LogP contribution in [0.25, 0.3) is 0 Å². The number of nitrogens with one attached hydrogen (secondary N) is 2. The van der Waals surface area contributed by atoms with Crippen LogP contribution >= 0.6 is 0 Å². The van der Waals surface area contributed by atoms with Crippen molar-refractivity contribution in [3.63, 3.8) is 0 Å². The molecule has 3 heterocycles. The Bertz CT molecular complexity index is 940. The minimum atomic E-state index is -2.60. The number of hydrogen-bond donors (Lipinski definition) is 2. The Labute approximate surface area is 229 Å². The van der Waals surface area contributed by atoms with Gasteiger partial charge in [0.1, 0.15) is 6.04 Å². The number of amides is 3. The Kier molecular flexibility index (Phi) is 7.98. The molecular weight excluding hydrogens is 510 g/mol. The van der Waals surface area contributed by atoms with Gasteiger partial charge in [-0.15, -0.1) is 0 Å². The first-order valence-corrected chi connectivity index (χ1v) is 14.6. The molecule has 1 spiro atoms. The van der Waals surface area contributed by atoms with Crippen LogP contribution in [0.5, 0.6) is 0 Å². The maximum absolute atomic E-state index is 13.7. The SMILES string of the molecule is C[C@@H](OCC1CCC(F)(F)CC1)[C@H](NC(=O)[C@@H]1CNCC12CN(C(=O)[C@H]1CC1(C)C)C2)C(=O)N1CCOCC1. The molecular formula is C28H44F2N4O5. The van der Waals surface area contributed by atoms with Crippen molar-refractivity contribution in [3.8, 4) is 0 Å². The molecule has 0 aromatic heterocycles. The predicted molar refractivity (Wildman–Crippen MR) is 139 cm³/mol. The lowest BCUT2D eigenvalue weighted by Gasteiger charge is -2.50. The van der Waals surface area contributed by atoms with E-state index in [-0.39, 0.29) is 65.8 Å². The molecule has 5 fully saturated rings. The normalized spacial score (nSPS) is 30.9. The maximum atomic E-state index is 13.7. The van der Waals surface area contributed by atoms with Crippen LogP contribution in [0.4, 0.5) is 8.78 Å². The van der Waals surface area contributed by atoms with E-state index < -0.39 is 18.1 Å². The molecule has 4 atom stereocenters. The van der Waals surface area contributed by atoms with E-state index in [1.54, 1.807) is 11.8 Å². The highest BCUT2D eigenvalue weighted by atomic mass is 19.3. The van der Waals surface area contributed by atoms with Gasteiger partial charge in [-0.1, -0.05) is 13.8 Å². The molecule has 39 heavy (non-hydrogen) atoms. The number of halogens is 2. The van der Waals surface area contributed by atoms with Gasteiger partial charge < -0.3 is 29.9 Å². The molecule has 2 saturated carbocycles. The van der Waals surface area contributed by atoms with Crippen LogP contribution < -0.4 is 10.6 Å². The fourth-order valence-corrected chi connectivity index (χ4v) is 6.75. The van der Waals surface area contributed by atoms with Crippen molar-refractivity contribution in [2.45, 2.75) is 70.9 Å². The summed E-state index contributed by atoms with van der Waals surface area (Å²) in [7, 11) is 0. The number of rotatable bonds is 8. The minimum Gasteiger partial charge on any atom is -0.378 e. The Balaban J connectivity index is 1.21. The average molecular weight is 555 g/mol. The molecule has 5 aliphatic rings. The topological polar surface area (TPSA) is 100 Å². The molecule has 9 nitrogen and oxygen atoms in total. The number of carbonyl (C=O) groups excluding carboxylic acids is 3.